The molecule has 9 heteroatoms. The normalized spacial score (nSPS) is 15.5. The Morgan fingerprint density at radius 2 is 1.37 bits per heavy atom. The number of quaternary nitrogens is 1. The second-order valence-corrected chi connectivity index (χ2v) is 12.1. The molecule has 0 rings (SSSR count). The number of likely N-dealkylation sites (N-methyl/N-ethyl adjacent to an activating group) is 1. The molecule has 0 aromatic heterocycles. The van der Waals surface area contributed by atoms with E-state index in [9.17, 15) is 19.4 Å². The maximum Gasteiger partial charge on any atom is 0.268 e. The number of amides is 1. The zero-order valence-corrected chi connectivity index (χ0v) is 24.2. The summed E-state index contributed by atoms with van der Waals surface area (Å²) in [6, 6.07) is -0.788. The van der Waals surface area contributed by atoms with E-state index >= 15 is 0 Å². The van der Waals surface area contributed by atoms with Gasteiger partial charge in [0.25, 0.3) is 7.82 Å². The van der Waals surface area contributed by atoms with Gasteiger partial charge in [-0.1, -0.05) is 97.3 Å². The lowest BCUT2D eigenvalue weighted by Gasteiger charge is -2.30. The minimum Gasteiger partial charge on any atom is -0.756 e. The standard InChI is InChI=1S/C26H55N2O6P/c1-6-8-9-10-11-12-13-14-15-16-17-18-19-20-25(29)24(27-26(30)7-2)23-34-35(31,32)33-22-21-28(3,4)5/h24-25,29H,6-23H2,1-5H3,(H-,27,30,31,32). The van der Waals surface area contributed by atoms with Crippen LogP contribution in [0.25, 0.3) is 0 Å². The molecule has 8 nitrogen and oxygen atoms in total. The first-order valence-corrected chi connectivity index (χ1v) is 15.3. The molecule has 0 spiro atoms. The molecule has 0 saturated heterocycles. The number of nitrogens with zero attached hydrogens (tertiary/aromatic N) is 1. The van der Waals surface area contributed by atoms with Crippen molar-refractivity contribution >= 4 is 13.7 Å². The maximum absolute atomic E-state index is 12.1. The molecule has 1 amide bonds. The molecule has 0 aliphatic heterocycles. The second-order valence-electron chi connectivity index (χ2n) is 10.7. The second kappa shape index (κ2) is 20.5. The molecule has 0 fully saturated rings. The van der Waals surface area contributed by atoms with Crippen LogP contribution in [0.2, 0.25) is 0 Å². The van der Waals surface area contributed by atoms with Crippen LogP contribution in [0, 0.1) is 0 Å². The number of aliphatic hydroxyl groups excluding tert-OH is 1. The molecule has 0 aromatic carbocycles. The Hall–Kier alpha value is -0.500. The van der Waals surface area contributed by atoms with Gasteiger partial charge in [0.15, 0.2) is 0 Å². The van der Waals surface area contributed by atoms with Crippen LogP contribution < -0.4 is 10.2 Å². The summed E-state index contributed by atoms with van der Waals surface area (Å²) in [6.07, 6.45) is 16.0. The van der Waals surface area contributed by atoms with E-state index in [0.717, 1.165) is 19.3 Å². The van der Waals surface area contributed by atoms with Gasteiger partial charge < -0.3 is 28.8 Å². The predicted octanol–water partition coefficient (Wildman–Crippen LogP) is 4.93. The van der Waals surface area contributed by atoms with Crippen molar-refractivity contribution in [3.63, 3.8) is 0 Å². The van der Waals surface area contributed by atoms with Gasteiger partial charge in [0.2, 0.25) is 5.91 Å². The number of nitrogens with one attached hydrogen (secondary N) is 1. The number of phosphoric ester groups is 1. The van der Waals surface area contributed by atoms with E-state index in [1.807, 2.05) is 21.1 Å². The summed E-state index contributed by atoms with van der Waals surface area (Å²) in [7, 11) is 1.29. The fourth-order valence-corrected chi connectivity index (χ4v) is 4.49. The largest absolute Gasteiger partial charge is 0.756 e. The molecule has 3 unspecified atom stereocenters. The Bertz CT molecular complexity index is 571. The highest BCUT2D eigenvalue weighted by Gasteiger charge is 2.24. The summed E-state index contributed by atoms with van der Waals surface area (Å²) in [5.41, 5.74) is 0. The van der Waals surface area contributed by atoms with Gasteiger partial charge in [-0.3, -0.25) is 9.36 Å². The van der Waals surface area contributed by atoms with E-state index in [4.69, 9.17) is 9.05 Å². The summed E-state index contributed by atoms with van der Waals surface area (Å²) in [5, 5.41) is 13.3. The number of unbranched alkanes of at least 4 members (excludes halogenated alkanes) is 12. The fraction of sp³-hybridized carbons (Fsp3) is 0.962. The molecule has 0 saturated carbocycles. The van der Waals surface area contributed by atoms with Gasteiger partial charge in [-0.25, -0.2) is 0 Å². The van der Waals surface area contributed by atoms with Crippen LogP contribution >= 0.6 is 7.82 Å². The van der Waals surface area contributed by atoms with Gasteiger partial charge in [-0.05, 0) is 6.42 Å². The van der Waals surface area contributed by atoms with Crippen molar-refractivity contribution in [2.75, 3.05) is 40.9 Å². The fourth-order valence-electron chi connectivity index (χ4n) is 3.77. The third-order valence-corrected chi connectivity index (χ3v) is 7.12. The first-order valence-electron chi connectivity index (χ1n) is 13.9. The summed E-state index contributed by atoms with van der Waals surface area (Å²) in [6.45, 7) is 4.14. The Labute approximate surface area is 215 Å². The number of hydrogen-bond acceptors (Lipinski definition) is 6. The van der Waals surface area contributed by atoms with Crippen LogP contribution in [0.1, 0.15) is 110 Å². The number of aliphatic hydroxyl groups is 1. The lowest BCUT2D eigenvalue weighted by atomic mass is 10.0. The van der Waals surface area contributed by atoms with E-state index in [0.29, 0.717) is 17.4 Å². The summed E-state index contributed by atoms with van der Waals surface area (Å²) in [5.74, 6) is -0.255. The van der Waals surface area contributed by atoms with E-state index in [2.05, 4.69) is 12.2 Å². The van der Waals surface area contributed by atoms with Gasteiger partial charge in [0, 0.05) is 6.42 Å². The lowest BCUT2D eigenvalue weighted by molar-refractivity contribution is -0.870. The van der Waals surface area contributed by atoms with Crippen LogP contribution in [-0.4, -0.2) is 68.5 Å². The molecule has 0 bridgehead atoms. The molecule has 0 aliphatic rings. The molecular formula is C26H55N2O6P. The highest BCUT2D eigenvalue weighted by Crippen LogP contribution is 2.38. The number of rotatable bonds is 24. The summed E-state index contributed by atoms with van der Waals surface area (Å²) < 4.78 is 22.5. The van der Waals surface area contributed by atoms with E-state index in [1.54, 1.807) is 6.92 Å². The molecule has 3 atom stereocenters. The zero-order valence-electron chi connectivity index (χ0n) is 23.3. The van der Waals surface area contributed by atoms with Crippen LogP contribution in [0.15, 0.2) is 0 Å². The highest BCUT2D eigenvalue weighted by molar-refractivity contribution is 7.45. The molecule has 0 radical (unpaired) electrons. The van der Waals surface area contributed by atoms with E-state index in [-0.39, 0.29) is 25.5 Å². The molecule has 0 aromatic rings. The number of phosphoric acid groups is 1. The first kappa shape index (κ1) is 34.5. The maximum atomic E-state index is 12.1. The van der Waals surface area contributed by atoms with Crippen molar-refractivity contribution in [1.29, 1.82) is 0 Å². The van der Waals surface area contributed by atoms with Crippen LogP contribution in [0.5, 0.6) is 0 Å². The Morgan fingerprint density at radius 1 is 0.886 bits per heavy atom. The van der Waals surface area contributed by atoms with E-state index in [1.165, 1.54) is 64.2 Å². The lowest BCUT2D eigenvalue weighted by Crippen LogP contribution is -2.46. The summed E-state index contributed by atoms with van der Waals surface area (Å²) >= 11 is 0. The van der Waals surface area contributed by atoms with Crippen molar-refractivity contribution in [3.05, 3.63) is 0 Å². The number of hydrogen-bond donors (Lipinski definition) is 2. The Morgan fingerprint density at radius 3 is 1.83 bits per heavy atom. The van der Waals surface area contributed by atoms with E-state index < -0.39 is 20.0 Å². The van der Waals surface area contributed by atoms with Gasteiger partial charge >= 0.3 is 0 Å². The molecule has 210 valence electrons. The highest BCUT2D eigenvalue weighted by atomic mass is 31.2. The Kier molecular flexibility index (Phi) is 20.3. The molecule has 0 heterocycles. The summed E-state index contributed by atoms with van der Waals surface area (Å²) in [4.78, 5) is 23.9. The zero-order chi connectivity index (χ0) is 26.6. The van der Waals surface area contributed by atoms with Crippen molar-refractivity contribution in [2.24, 2.45) is 0 Å². The third kappa shape index (κ3) is 22.4. The van der Waals surface area contributed by atoms with Gasteiger partial charge in [0.1, 0.15) is 13.2 Å². The van der Waals surface area contributed by atoms with Gasteiger partial charge in [-0.15, -0.1) is 0 Å². The number of carbonyl (C=O) groups excluding carboxylic acids is 1. The third-order valence-electron chi connectivity index (χ3n) is 6.16. The van der Waals surface area contributed by atoms with Crippen LogP contribution in [0.4, 0.5) is 0 Å². The molecular weight excluding hydrogens is 467 g/mol. The average Bonchev–Trinajstić information content (AvgIpc) is 2.78. The minimum absolute atomic E-state index is 0.0117. The molecule has 2 N–H and O–H groups in total. The first-order chi connectivity index (χ1) is 16.5. The average molecular weight is 523 g/mol. The Balaban J connectivity index is 4.14. The predicted molar refractivity (Wildman–Crippen MR) is 141 cm³/mol. The van der Waals surface area contributed by atoms with Crippen molar-refractivity contribution < 1.29 is 32.9 Å². The van der Waals surface area contributed by atoms with Crippen LogP contribution in [-0.2, 0) is 18.4 Å². The van der Waals surface area contributed by atoms with Crippen molar-refractivity contribution in [2.45, 2.75) is 122 Å². The van der Waals surface area contributed by atoms with Crippen molar-refractivity contribution in [3.8, 4) is 0 Å². The molecule has 35 heavy (non-hydrogen) atoms. The molecule has 0 aliphatic carbocycles. The topological polar surface area (TPSA) is 108 Å². The van der Waals surface area contributed by atoms with Crippen molar-refractivity contribution in [1.82, 2.24) is 5.32 Å². The smallest absolute Gasteiger partial charge is 0.268 e. The van der Waals surface area contributed by atoms with Gasteiger partial charge in [0.05, 0.1) is 39.9 Å². The van der Waals surface area contributed by atoms with Crippen LogP contribution in [0.3, 0.4) is 0 Å². The SMILES string of the molecule is CCCCCCCCCCCCCCCC(O)C(COP(=O)([O-])OCC[N+](C)(C)C)NC(=O)CC. The number of carbonyl (C=O) groups is 1. The minimum atomic E-state index is -4.51. The monoisotopic (exact) mass is 522 g/mol. The van der Waals surface area contributed by atoms with Gasteiger partial charge in [-0.2, -0.15) is 0 Å². The quantitative estimate of drug-likeness (QED) is 0.106.